The highest BCUT2D eigenvalue weighted by Gasteiger charge is 2.39. The third kappa shape index (κ3) is 5.26. The van der Waals surface area contributed by atoms with E-state index < -0.39 is 12.1 Å². The van der Waals surface area contributed by atoms with E-state index in [1.807, 2.05) is 64.4 Å². The van der Waals surface area contributed by atoms with Gasteiger partial charge in [-0.3, -0.25) is 9.59 Å². The second kappa shape index (κ2) is 8.86. The number of aliphatic hydroxyl groups excluding tert-OH is 1. The molecule has 1 saturated heterocycles. The lowest BCUT2D eigenvalue weighted by Gasteiger charge is -2.28. The minimum absolute atomic E-state index is 0.0869. The van der Waals surface area contributed by atoms with Crippen LogP contribution in [-0.2, 0) is 9.59 Å². The molecule has 30 heavy (non-hydrogen) atoms. The molecule has 2 heterocycles. The highest BCUT2D eigenvalue weighted by atomic mass is 32.1. The van der Waals surface area contributed by atoms with Crippen LogP contribution in [0.5, 0.6) is 0 Å². The van der Waals surface area contributed by atoms with Crippen molar-refractivity contribution in [3.8, 4) is 10.4 Å². The van der Waals surface area contributed by atoms with Crippen molar-refractivity contribution in [2.24, 2.45) is 5.41 Å². The number of aryl methyl sites for hydroxylation is 1. The zero-order chi connectivity index (χ0) is 22.1. The molecule has 0 aliphatic carbocycles. The molecule has 1 aliphatic heterocycles. The highest BCUT2D eigenvalue weighted by Crippen LogP contribution is 2.29. The van der Waals surface area contributed by atoms with Gasteiger partial charge in [0.25, 0.3) is 0 Å². The quantitative estimate of drug-likeness (QED) is 0.759. The van der Waals surface area contributed by atoms with Gasteiger partial charge in [-0.05, 0) is 30.4 Å². The molecule has 0 bridgehead atoms. The predicted molar refractivity (Wildman–Crippen MR) is 119 cm³/mol. The average molecular weight is 430 g/mol. The minimum atomic E-state index is -0.665. The Kier molecular flexibility index (Phi) is 6.62. The summed E-state index contributed by atoms with van der Waals surface area (Å²) in [6.45, 7) is 10.1. The number of carbonyl (C=O) groups is 2. The van der Waals surface area contributed by atoms with Gasteiger partial charge in [0.2, 0.25) is 11.8 Å². The van der Waals surface area contributed by atoms with Crippen LogP contribution in [0.4, 0.5) is 0 Å². The van der Waals surface area contributed by atoms with Gasteiger partial charge in [-0.15, -0.1) is 11.3 Å². The molecule has 1 aromatic heterocycles. The van der Waals surface area contributed by atoms with Crippen molar-refractivity contribution in [2.75, 3.05) is 6.54 Å². The molecule has 2 aromatic rings. The summed E-state index contributed by atoms with van der Waals surface area (Å²) in [5, 5.41) is 13.1. The third-order valence-electron chi connectivity index (χ3n) is 5.36. The number of carbonyl (C=O) groups excluding carboxylic acids is 2. The van der Waals surface area contributed by atoms with Gasteiger partial charge in [0, 0.05) is 19.4 Å². The summed E-state index contributed by atoms with van der Waals surface area (Å²) in [6, 6.07) is 7.26. The van der Waals surface area contributed by atoms with E-state index in [0.29, 0.717) is 6.42 Å². The second-order valence-corrected chi connectivity index (χ2v) is 10.2. The average Bonchev–Trinajstić information content (AvgIpc) is 3.26. The van der Waals surface area contributed by atoms with Crippen molar-refractivity contribution in [1.82, 2.24) is 15.2 Å². The molecule has 7 heteroatoms. The number of nitrogens with one attached hydrogen (secondary N) is 1. The van der Waals surface area contributed by atoms with Gasteiger partial charge in [-0.1, -0.05) is 45.0 Å². The molecular formula is C23H31N3O3S. The molecule has 1 aliphatic rings. The van der Waals surface area contributed by atoms with Gasteiger partial charge in [-0.25, -0.2) is 4.98 Å². The maximum atomic E-state index is 12.9. The first-order chi connectivity index (χ1) is 14.0. The van der Waals surface area contributed by atoms with Crippen molar-refractivity contribution in [3.05, 3.63) is 41.0 Å². The molecule has 2 amide bonds. The smallest absolute Gasteiger partial charge is 0.243 e. The number of aromatic nitrogens is 1. The lowest BCUT2D eigenvalue weighted by molar-refractivity contribution is -0.140. The molecule has 1 aromatic carbocycles. The van der Waals surface area contributed by atoms with Crippen LogP contribution in [0.1, 0.15) is 57.8 Å². The number of thiazole rings is 1. The summed E-state index contributed by atoms with van der Waals surface area (Å²) in [4.78, 5) is 32.6. The van der Waals surface area contributed by atoms with E-state index in [9.17, 15) is 14.7 Å². The zero-order valence-corrected chi connectivity index (χ0v) is 19.1. The van der Waals surface area contributed by atoms with E-state index in [1.165, 1.54) is 4.90 Å². The van der Waals surface area contributed by atoms with Gasteiger partial charge in [0.05, 0.1) is 28.2 Å². The van der Waals surface area contributed by atoms with Crippen LogP contribution in [0.15, 0.2) is 29.8 Å². The molecule has 1 fully saturated rings. The first-order valence-electron chi connectivity index (χ1n) is 10.3. The van der Waals surface area contributed by atoms with Crippen molar-refractivity contribution in [3.63, 3.8) is 0 Å². The SMILES string of the molecule is Cc1ncsc1-c1ccc([C@@H](C)NC(=O)C2CC(O)CN2C(=O)CC(C)(C)C)cc1. The summed E-state index contributed by atoms with van der Waals surface area (Å²) < 4.78 is 0. The lowest BCUT2D eigenvalue weighted by atomic mass is 9.91. The second-order valence-electron chi connectivity index (χ2n) is 9.31. The number of nitrogens with zero attached hydrogens (tertiary/aromatic N) is 2. The van der Waals surface area contributed by atoms with E-state index in [0.717, 1.165) is 21.7 Å². The summed E-state index contributed by atoms with van der Waals surface area (Å²) in [5.41, 5.74) is 4.77. The van der Waals surface area contributed by atoms with Crippen LogP contribution < -0.4 is 5.32 Å². The van der Waals surface area contributed by atoms with Crippen LogP contribution in [0.3, 0.4) is 0 Å². The largest absolute Gasteiger partial charge is 0.391 e. The number of amides is 2. The number of rotatable bonds is 5. The number of hydrogen-bond donors (Lipinski definition) is 2. The van der Waals surface area contributed by atoms with Crippen LogP contribution in [0.2, 0.25) is 0 Å². The fourth-order valence-electron chi connectivity index (χ4n) is 3.79. The predicted octanol–water partition coefficient (Wildman–Crippen LogP) is 3.69. The number of likely N-dealkylation sites (tertiary alicyclic amines) is 1. The van der Waals surface area contributed by atoms with Crippen LogP contribution in [-0.4, -0.2) is 45.5 Å². The van der Waals surface area contributed by atoms with Crippen LogP contribution in [0, 0.1) is 12.3 Å². The van der Waals surface area contributed by atoms with Crippen molar-refractivity contribution in [1.29, 1.82) is 0 Å². The topological polar surface area (TPSA) is 82.5 Å². The third-order valence-corrected chi connectivity index (χ3v) is 6.34. The minimum Gasteiger partial charge on any atom is -0.391 e. The Labute approximate surface area is 182 Å². The van der Waals surface area contributed by atoms with E-state index in [1.54, 1.807) is 11.3 Å². The molecule has 0 spiro atoms. The Hall–Kier alpha value is -2.25. The molecule has 162 valence electrons. The Balaban J connectivity index is 1.66. The van der Waals surface area contributed by atoms with Gasteiger partial charge in [0.1, 0.15) is 6.04 Å². The van der Waals surface area contributed by atoms with Gasteiger partial charge in [0.15, 0.2) is 0 Å². The monoisotopic (exact) mass is 429 g/mol. The van der Waals surface area contributed by atoms with Crippen molar-refractivity contribution >= 4 is 23.2 Å². The molecule has 0 radical (unpaired) electrons. The first kappa shape index (κ1) is 22.4. The fraction of sp³-hybridized carbons (Fsp3) is 0.522. The number of β-amino-alcohol motifs (C(OH)–C–C–N with tert-alkyl or cyclic N) is 1. The van der Waals surface area contributed by atoms with E-state index in [2.05, 4.69) is 10.3 Å². The number of hydrogen-bond acceptors (Lipinski definition) is 5. The summed E-state index contributed by atoms with van der Waals surface area (Å²) in [7, 11) is 0. The van der Waals surface area contributed by atoms with E-state index in [4.69, 9.17) is 0 Å². The van der Waals surface area contributed by atoms with Crippen molar-refractivity contribution < 1.29 is 14.7 Å². The molecule has 3 rings (SSSR count). The summed E-state index contributed by atoms with van der Waals surface area (Å²) >= 11 is 1.61. The van der Waals surface area contributed by atoms with E-state index >= 15 is 0 Å². The molecule has 2 unspecified atom stereocenters. The summed E-state index contributed by atoms with van der Waals surface area (Å²) in [5.74, 6) is -0.306. The summed E-state index contributed by atoms with van der Waals surface area (Å²) in [6.07, 6.45) is -0.0443. The zero-order valence-electron chi connectivity index (χ0n) is 18.3. The Morgan fingerprint density at radius 1 is 1.30 bits per heavy atom. The number of benzene rings is 1. The van der Waals surface area contributed by atoms with Gasteiger partial charge < -0.3 is 15.3 Å². The fourth-order valence-corrected chi connectivity index (χ4v) is 4.60. The molecular weight excluding hydrogens is 398 g/mol. The molecule has 3 atom stereocenters. The molecule has 2 N–H and O–H groups in total. The number of aliphatic hydroxyl groups is 1. The van der Waals surface area contributed by atoms with Crippen LogP contribution in [0.25, 0.3) is 10.4 Å². The normalized spacial score (nSPS) is 20.3. The Morgan fingerprint density at radius 2 is 1.97 bits per heavy atom. The van der Waals surface area contributed by atoms with E-state index in [-0.39, 0.29) is 36.2 Å². The molecule has 0 saturated carbocycles. The highest BCUT2D eigenvalue weighted by molar-refractivity contribution is 7.13. The van der Waals surface area contributed by atoms with Crippen LogP contribution >= 0.6 is 11.3 Å². The van der Waals surface area contributed by atoms with Crippen molar-refractivity contribution in [2.45, 2.75) is 65.6 Å². The first-order valence-corrected chi connectivity index (χ1v) is 11.2. The molecule has 6 nitrogen and oxygen atoms in total. The lowest BCUT2D eigenvalue weighted by Crippen LogP contribution is -2.47. The Bertz CT molecular complexity index is 901. The maximum absolute atomic E-state index is 12.9. The van der Waals surface area contributed by atoms with Gasteiger partial charge >= 0.3 is 0 Å². The maximum Gasteiger partial charge on any atom is 0.243 e. The Morgan fingerprint density at radius 3 is 2.53 bits per heavy atom. The van der Waals surface area contributed by atoms with Gasteiger partial charge in [-0.2, -0.15) is 0 Å². The standard InChI is InChI=1S/C23H31N3O3S/c1-14(16-6-8-17(9-7-16)21-15(2)24-13-30-21)25-22(29)19-10-18(27)12-26(19)20(28)11-23(3,4)5/h6-9,13-14,18-19,27H,10-12H2,1-5H3,(H,25,29)/t14-,18?,19?/m1/s1.